The molecule has 0 aliphatic carbocycles. The van der Waals surface area contributed by atoms with E-state index in [0.29, 0.717) is 18.0 Å². The number of sulfone groups is 1. The summed E-state index contributed by atoms with van der Waals surface area (Å²) in [6.45, 7) is 6.06. The summed E-state index contributed by atoms with van der Waals surface area (Å²) < 4.78 is 28.4. The van der Waals surface area contributed by atoms with E-state index in [-0.39, 0.29) is 6.10 Å². The van der Waals surface area contributed by atoms with Gasteiger partial charge in [0.2, 0.25) is 0 Å². The molecule has 1 unspecified atom stereocenters. The summed E-state index contributed by atoms with van der Waals surface area (Å²) in [6.07, 6.45) is 1.94. The third kappa shape index (κ3) is 7.09. The Bertz CT molecular complexity index is 908. The Morgan fingerprint density at radius 1 is 1.34 bits per heavy atom. The molecule has 1 aromatic heterocycles. The molecule has 2 aromatic rings. The Labute approximate surface area is 177 Å². The van der Waals surface area contributed by atoms with Gasteiger partial charge in [-0.2, -0.15) is 0 Å². The maximum Gasteiger partial charge on any atom is 0.194 e. The molecule has 0 aliphatic rings. The first-order chi connectivity index (χ1) is 13.7. The molecule has 0 fully saturated rings. The van der Waals surface area contributed by atoms with E-state index < -0.39 is 9.84 Å². The second-order valence-corrected chi connectivity index (χ2v) is 9.72. The van der Waals surface area contributed by atoms with Crippen molar-refractivity contribution in [3.8, 4) is 0 Å². The normalized spacial score (nSPS) is 13.3. The van der Waals surface area contributed by atoms with Gasteiger partial charge in [0.1, 0.15) is 11.1 Å². The maximum absolute atomic E-state index is 11.6. The van der Waals surface area contributed by atoms with E-state index in [2.05, 4.69) is 10.3 Å². The Hall–Kier alpha value is -1.97. The second kappa shape index (κ2) is 10.7. The molecule has 29 heavy (non-hydrogen) atoms. The lowest BCUT2D eigenvalue weighted by atomic mass is 10.1. The van der Waals surface area contributed by atoms with Crippen molar-refractivity contribution in [2.45, 2.75) is 37.8 Å². The Morgan fingerprint density at radius 3 is 2.62 bits per heavy atom. The molecular formula is C20H30N4O3S2. The summed E-state index contributed by atoms with van der Waals surface area (Å²) in [5, 5.41) is 6.32. The second-order valence-electron chi connectivity index (χ2n) is 6.81. The summed E-state index contributed by atoms with van der Waals surface area (Å²) in [4.78, 5) is 11.7. The molecule has 1 N–H and O–H groups in total. The van der Waals surface area contributed by atoms with Crippen molar-refractivity contribution in [1.29, 1.82) is 0 Å². The van der Waals surface area contributed by atoms with Crippen LogP contribution in [0.25, 0.3) is 0 Å². The van der Waals surface area contributed by atoms with Gasteiger partial charge in [0.15, 0.2) is 15.8 Å². The first-order valence-electron chi connectivity index (χ1n) is 9.50. The van der Waals surface area contributed by atoms with Crippen LogP contribution in [0.1, 0.15) is 36.2 Å². The van der Waals surface area contributed by atoms with Crippen molar-refractivity contribution in [2.75, 3.05) is 33.5 Å². The number of methoxy groups -OCH3 is 1. The minimum absolute atomic E-state index is 0.00459. The number of rotatable bonds is 9. The number of hydrogen-bond acceptors (Lipinski definition) is 6. The monoisotopic (exact) mass is 438 g/mol. The van der Waals surface area contributed by atoms with E-state index in [1.54, 1.807) is 30.6 Å². The number of ether oxygens (including phenoxy) is 1. The number of hydrogen-bond donors (Lipinski definition) is 1. The van der Waals surface area contributed by atoms with Gasteiger partial charge in [0, 0.05) is 38.9 Å². The van der Waals surface area contributed by atoms with Gasteiger partial charge >= 0.3 is 0 Å². The van der Waals surface area contributed by atoms with Crippen LogP contribution < -0.4 is 5.32 Å². The van der Waals surface area contributed by atoms with Crippen molar-refractivity contribution < 1.29 is 13.2 Å². The maximum atomic E-state index is 11.6. The summed E-state index contributed by atoms with van der Waals surface area (Å²) in [7, 11) is 0.506. The first kappa shape index (κ1) is 23.3. The minimum atomic E-state index is -3.16. The fourth-order valence-corrected chi connectivity index (χ4v) is 4.14. The minimum Gasteiger partial charge on any atom is -0.375 e. The van der Waals surface area contributed by atoms with Gasteiger partial charge in [-0.05, 0) is 38.0 Å². The van der Waals surface area contributed by atoms with E-state index in [1.165, 1.54) is 6.26 Å². The number of nitrogens with one attached hydrogen (secondary N) is 1. The summed E-state index contributed by atoms with van der Waals surface area (Å²) >= 11 is 1.60. The van der Waals surface area contributed by atoms with Crippen LogP contribution in [0.3, 0.4) is 0 Å². The summed E-state index contributed by atoms with van der Waals surface area (Å²) in [5.41, 5.74) is 2.04. The standard InChI is InChI=1S/C20H30N4O3S2/c1-6-21-20(24(3)13-17-14-28-19(23-17)15(2)27-4)22-12-11-16-7-9-18(10-8-16)29(5,25)26/h7-10,14-15H,6,11-13H2,1-5H3,(H,21,22). The lowest BCUT2D eigenvalue weighted by Gasteiger charge is -2.21. The average molecular weight is 439 g/mol. The van der Waals surface area contributed by atoms with Crippen molar-refractivity contribution in [3.63, 3.8) is 0 Å². The largest absolute Gasteiger partial charge is 0.375 e. The summed E-state index contributed by atoms with van der Waals surface area (Å²) in [5.74, 6) is 0.814. The van der Waals surface area contributed by atoms with Crippen molar-refractivity contribution in [1.82, 2.24) is 15.2 Å². The van der Waals surface area contributed by atoms with Gasteiger partial charge in [-0.3, -0.25) is 4.99 Å². The van der Waals surface area contributed by atoms with Crippen LogP contribution in [0.5, 0.6) is 0 Å². The first-order valence-corrected chi connectivity index (χ1v) is 12.3. The van der Waals surface area contributed by atoms with Crippen molar-refractivity contribution in [2.24, 2.45) is 4.99 Å². The third-order valence-electron chi connectivity index (χ3n) is 4.38. The molecule has 0 bridgehead atoms. The predicted molar refractivity (Wildman–Crippen MR) is 118 cm³/mol. The molecule has 7 nitrogen and oxygen atoms in total. The highest BCUT2D eigenvalue weighted by Gasteiger charge is 2.13. The van der Waals surface area contributed by atoms with Gasteiger partial charge in [0.05, 0.1) is 17.1 Å². The number of guanidine groups is 1. The zero-order chi connectivity index (χ0) is 21.4. The van der Waals surface area contributed by atoms with E-state index in [1.807, 2.05) is 43.3 Å². The fourth-order valence-electron chi connectivity index (χ4n) is 2.66. The van der Waals surface area contributed by atoms with E-state index in [4.69, 9.17) is 9.73 Å². The van der Waals surface area contributed by atoms with Gasteiger partial charge in [-0.25, -0.2) is 13.4 Å². The van der Waals surface area contributed by atoms with Crippen molar-refractivity contribution in [3.05, 3.63) is 45.9 Å². The lowest BCUT2D eigenvalue weighted by Crippen LogP contribution is -2.38. The zero-order valence-electron chi connectivity index (χ0n) is 17.7. The number of thiazole rings is 1. The Kier molecular flexibility index (Phi) is 8.60. The molecule has 9 heteroatoms. The number of aliphatic imine (C=N–C) groups is 1. The topological polar surface area (TPSA) is 83.9 Å². The molecule has 0 amide bonds. The Balaban J connectivity index is 1.98. The molecule has 0 spiro atoms. The van der Waals surface area contributed by atoms with Crippen LogP contribution >= 0.6 is 11.3 Å². The lowest BCUT2D eigenvalue weighted by molar-refractivity contribution is 0.119. The molecule has 1 heterocycles. The van der Waals surface area contributed by atoms with Crippen LogP contribution in [-0.2, 0) is 27.5 Å². The smallest absolute Gasteiger partial charge is 0.194 e. The van der Waals surface area contributed by atoms with Crippen LogP contribution in [0.15, 0.2) is 39.5 Å². The highest BCUT2D eigenvalue weighted by molar-refractivity contribution is 7.90. The quantitative estimate of drug-likeness (QED) is 0.479. The number of benzene rings is 1. The van der Waals surface area contributed by atoms with E-state index >= 15 is 0 Å². The van der Waals surface area contributed by atoms with Gasteiger partial charge in [-0.1, -0.05) is 12.1 Å². The fraction of sp³-hybridized carbons (Fsp3) is 0.500. The van der Waals surface area contributed by atoms with Gasteiger partial charge in [-0.15, -0.1) is 11.3 Å². The molecule has 160 valence electrons. The molecule has 0 radical (unpaired) electrons. The van der Waals surface area contributed by atoms with Crippen LogP contribution in [0.2, 0.25) is 0 Å². The van der Waals surface area contributed by atoms with Crippen LogP contribution in [0, 0.1) is 0 Å². The number of aromatic nitrogens is 1. The summed E-state index contributed by atoms with van der Waals surface area (Å²) in [6, 6.07) is 6.98. The van der Waals surface area contributed by atoms with E-state index in [9.17, 15) is 8.42 Å². The molecule has 1 aromatic carbocycles. The SMILES string of the molecule is CCNC(=NCCc1ccc(S(C)(=O)=O)cc1)N(C)Cc1csc(C(C)OC)n1. The van der Waals surface area contributed by atoms with Gasteiger partial charge in [0.25, 0.3) is 0 Å². The van der Waals surface area contributed by atoms with Crippen LogP contribution in [0.4, 0.5) is 0 Å². The van der Waals surface area contributed by atoms with Crippen molar-refractivity contribution >= 4 is 27.1 Å². The third-order valence-corrected chi connectivity index (χ3v) is 6.56. The molecule has 2 rings (SSSR count). The Morgan fingerprint density at radius 2 is 2.03 bits per heavy atom. The molecule has 0 aliphatic heterocycles. The van der Waals surface area contributed by atoms with Gasteiger partial charge < -0.3 is 15.0 Å². The van der Waals surface area contributed by atoms with E-state index in [0.717, 1.165) is 35.2 Å². The molecule has 0 saturated carbocycles. The number of nitrogens with zero attached hydrogens (tertiary/aromatic N) is 3. The average Bonchev–Trinajstić information content (AvgIpc) is 3.14. The highest BCUT2D eigenvalue weighted by atomic mass is 32.2. The molecule has 1 atom stereocenters. The molecule has 0 saturated heterocycles. The predicted octanol–water partition coefficient (Wildman–Crippen LogP) is 2.89. The highest BCUT2D eigenvalue weighted by Crippen LogP contribution is 2.21. The van der Waals surface area contributed by atoms with Crippen LogP contribution in [-0.4, -0.2) is 57.8 Å². The molecular weight excluding hydrogens is 408 g/mol. The zero-order valence-corrected chi connectivity index (χ0v) is 19.3.